The molecule has 3 fully saturated rings. The largest absolute Gasteiger partial charge is 0.423 e. The Bertz CT molecular complexity index is 829. The molecule has 6 rings (SSSR count). The van der Waals surface area contributed by atoms with E-state index < -0.39 is 12.0 Å². The number of carbonyl (C=O) groups excluding carboxylic acids is 3. The highest BCUT2D eigenvalue weighted by molar-refractivity contribution is 6.32. The van der Waals surface area contributed by atoms with Crippen molar-refractivity contribution in [3.05, 3.63) is 41.4 Å². The van der Waals surface area contributed by atoms with Crippen LogP contribution in [-0.2, 0) is 14.4 Å². The van der Waals surface area contributed by atoms with Crippen LogP contribution in [0.3, 0.4) is 0 Å². The van der Waals surface area contributed by atoms with E-state index in [-0.39, 0.29) is 41.2 Å². The van der Waals surface area contributed by atoms with Crippen LogP contribution in [0.2, 0.25) is 5.02 Å². The van der Waals surface area contributed by atoms with E-state index in [1.807, 2.05) is 0 Å². The first-order chi connectivity index (χ1) is 12.5. The number of benzene rings is 1. The van der Waals surface area contributed by atoms with Crippen LogP contribution in [0, 0.1) is 35.5 Å². The van der Waals surface area contributed by atoms with Gasteiger partial charge in [0.1, 0.15) is 11.8 Å². The lowest BCUT2D eigenvalue weighted by Gasteiger charge is -2.37. The zero-order valence-electron chi connectivity index (χ0n) is 14.2. The highest BCUT2D eigenvalue weighted by Crippen LogP contribution is 2.65. The van der Waals surface area contributed by atoms with Crippen molar-refractivity contribution in [2.24, 2.45) is 35.5 Å². The van der Waals surface area contributed by atoms with Crippen molar-refractivity contribution in [3.8, 4) is 5.75 Å². The van der Waals surface area contributed by atoms with Crippen molar-refractivity contribution in [1.29, 1.82) is 0 Å². The minimum absolute atomic E-state index is 0.142. The normalized spacial score (nSPS) is 37.4. The SMILES string of the molecule is C[C@H](C(=O)Oc1ccccc1Cl)N1C(=O)[C@@H]2[C@H]3C=C[C@@H]([C@@H]4C[C@H]34)[C@@H]2C1=O. The topological polar surface area (TPSA) is 63.7 Å². The van der Waals surface area contributed by atoms with Crippen LogP contribution in [0.25, 0.3) is 0 Å². The highest BCUT2D eigenvalue weighted by atomic mass is 35.5. The summed E-state index contributed by atoms with van der Waals surface area (Å²) in [6.45, 7) is 1.54. The molecule has 2 saturated carbocycles. The van der Waals surface area contributed by atoms with Gasteiger partial charge < -0.3 is 4.74 Å². The lowest BCUT2D eigenvalue weighted by atomic mass is 9.63. The lowest BCUT2D eigenvalue weighted by Crippen LogP contribution is -2.45. The van der Waals surface area contributed by atoms with Gasteiger partial charge in [0.15, 0.2) is 0 Å². The molecule has 0 N–H and O–H groups in total. The average molecular weight is 372 g/mol. The Hall–Kier alpha value is -2.14. The molecule has 5 aliphatic rings. The summed E-state index contributed by atoms with van der Waals surface area (Å²) in [5, 5.41) is 0.308. The molecule has 1 aromatic carbocycles. The van der Waals surface area contributed by atoms with Gasteiger partial charge in [0.05, 0.1) is 16.9 Å². The summed E-state index contributed by atoms with van der Waals surface area (Å²) < 4.78 is 5.34. The van der Waals surface area contributed by atoms with E-state index in [9.17, 15) is 14.4 Å². The smallest absolute Gasteiger partial charge is 0.334 e. The molecule has 7 atom stereocenters. The summed E-state index contributed by atoms with van der Waals surface area (Å²) in [5.41, 5.74) is 0. The van der Waals surface area contributed by atoms with Crippen LogP contribution in [0.5, 0.6) is 5.75 Å². The van der Waals surface area contributed by atoms with Gasteiger partial charge in [0, 0.05) is 0 Å². The van der Waals surface area contributed by atoms with Gasteiger partial charge in [-0.2, -0.15) is 0 Å². The maximum absolute atomic E-state index is 13.0. The maximum atomic E-state index is 13.0. The zero-order chi connectivity index (χ0) is 18.2. The van der Waals surface area contributed by atoms with Gasteiger partial charge in [-0.25, -0.2) is 4.79 Å². The molecule has 2 amide bonds. The van der Waals surface area contributed by atoms with Gasteiger partial charge in [-0.3, -0.25) is 14.5 Å². The van der Waals surface area contributed by atoms with Crippen molar-refractivity contribution in [1.82, 2.24) is 4.90 Å². The third kappa shape index (κ3) is 2.07. The fourth-order valence-corrected chi connectivity index (χ4v) is 5.36. The molecule has 6 heteroatoms. The summed E-state index contributed by atoms with van der Waals surface area (Å²) in [6, 6.07) is 5.67. The Kier molecular flexibility index (Phi) is 3.35. The molecular weight excluding hydrogens is 354 g/mol. The van der Waals surface area contributed by atoms with Gasteiger partial charge in [0.25, 0.3) is 0 Å². The average Bonchev–Trinajstić information content (AvgIpc) is 3.41. The number of likely N-dealkylation sites (tertiary alicyclic amines) is 1. The summed E-state index contributed by atoms with van der Waals surface area (Å²) in [6.07, 6.45) is 5.34. The molecule has 0 unspecified atom stereocenters. The van der Waals surface area contributed by atoms with Crippen molar-refractivity contribution >= 4 is 29.4 Å². The number of hydrogen-bond acceptors (Lipinski definition) is 4. The van der Waals surface area contributed by atoms with E-state index in [1.54, 1.807) is 31.2 Å². The third-order valence-electron chi connectivity index (χ3n) is 6.47. The number of hydrogen-bond donors (Lipinski definition) is 0. The van der Waals surface area contributed by atoms with Crippen LogP contribution in [0.4, 0.5) is 0 Å². The number of amides is 2. The van der Waals surface area contributed by atoms with Crippen molar-refractivity contribution in [2.45, 2.75) is 19.4 Å². The molecule has 2 bridgehead atoms. The number of nitrogens with zero attached hydrogens (tertiary/aromatic N) is 1. The maximum Gasteiger partial charge on any atom is 0.334 e. The van der Waals surface area contributed by atoms with Crippen molar-refractivity contribution in [3.63, 3.8) is 0 Å². The first kappa shape index (κ1) is 16.1. The van der Waals surface area contributed by atoms with Crippen LogP contribution in [0.1, 0.15) is 13.3 Å². The Morgan fingerprint density at radius 3 is 2.27 bits per heavy atom. The van der Waals surface area contributed by atoms with E-state index in [1.165, 1.54) is 0 Å². The molecule has 26 heavy (non-hydrogen) atoms. The molecule has 0 radical (unpaired) electrons. The van der Waals surface area contributed by atoms with Gasteiger partial charge in [-0.15, -0.1) is 0 Å². The monoisotopic (exact) mass is 371 g/mol. The fourth-order valence-electron chi connectivity index (χ4n) is 5.19. The zero-order valence-corrected chi connectivity index (χ0v) is 14.9. The highest BCUT2D eigenvalue weighted by Gasteiger charge is 2.67. The Morgan fingerprint density at radius 1 is 1.12 bits per heavy atom. The Balaban J connectivity index is 1.39. The standard InChI is InChI=1S/C20H18ClNO4/c1-9(20(25)26-15-5-3-2-4-14(15)21)22-18(23)16-10-6-7-11(13-8-12(10)13)17(16)19(22)24/h2-7,9-13,16-17H,8H2,1H3/t9-,10+,11+,12-,13+,16-,17+/m1/s1. The predicted octanol–water partition coefficient (Wildman–Crippen LogP) is 2.69. The van der Waals surface area contributed by atoms with Crippen LogP contribution < -0.4 is 4.74 Å². The number of allylic oxidation sites excluding steroid dienone is 2. The van der Waals surface area contributed by atoms with Gasteiger partial charge in [0.2, 0.25) is 11.8 Å². The first-order valence-corrected chi connectivity index (χ1v) is 9.38. The molecule has 1 saturated heterocycles. The van der Waals surface area contributed by atoms with E-state index in [4.69, 9.17) is 16.3 Å². The summed E-state index contributed by atoms with van der Waals surface area (Å²) in [4.78, 5) is 39.7. The second-order valence-corrected chi connectivity index (χ2v) is 8.14. The second-order valence-electron chi connectivity index (χ2n) is 7.73. The molecule has 0 spiro atoms. The number of esters is 1. The number of halogens is 1. The number of rotatable bonds is 3. The number of para-hydroxylation sites is 1. The van der Waals surface area contributed by atoms with E-state index in [2.05, 4.69) is 12.2 Å². The number of carbonyl (C=O) groups is 3. The molecule has 5 nitrogen and oxygen atoms in total. The summed E-state index contributed by atoms with van der Waals surface area (Å²) in [7, 11) is 0. The van der Waals surface area contributed by atoms with Crippen molar-refractivity contribution < 1.29 is 19.1 Å². The molecule has 4 aliphatic carbocycles. The Labute approximate surface area is 155 Å². The fraction of sp³-hybridized carbons (Fsp3) is 0.450. The van der Waals surface area contributed by atoms with E-state index in [0.717, 1.165) is 11.3 Å². The number of ether oxygens (including phenoxy) is 1. The van der Waals surface area contributed by atoms with Crippen LogP contribution >= 0.6 is 11.6 Å². The minimum atomic E-state index is -0.965. The third-order valence-corrected chi connectivity index (χ3v) is 6.78. The molecule has 1 aromatic rings. The van der Waals surface area contributed by atoms with Crippen LogP contribution in [0.15, 0.2) is 36.4 Å². The molecule has 134 valence electrons. The minimum Gasteiger partial charge on any atom is -0.423 e. The molecule has 1 heterocycles. The molecule has 0 aromatic heterocycles. The lowest BCUT2D eigenvalue weighted by molar-refractivity contribution is -0.152. The summed E-state index contributed by atoms with van der Waals surface area (Å²) >= 11 is 6.02. The van der Waals surface area contributed by atoms with Gasteiger partial charge in [-0.05, 0) is 49.1 Å². The second kappa shape index (κ2) is 5.43. The van der Waals surface area contributed by atoms with E-state index >= 15 is 0 Å². The van der Waals surface area contributed by atoms with Crippen LogP contribution in [-0.4, -0.2) is 28.7 Å². The van der Waals surface area contributed by atoms with Gasteiger partial charge in [-0.1, -0.05) is 35.9 Å². The van der Waals surface area contributed by atoms with Crippen molar-refractivity contribution in [2.75, 3.05) is 0 Å². The first-order valence-electron chi connectivity index (χ1n) is 9.00. The number of imide groups is 1. The quantitative estimate of drug-likeness (QED) is 0.354. The van der Waals surface area contributed by atoms with Gasteiger partial charge >= 0.3 is 5.97 Å². The van der Waals surface area contributed by atoms with E-state index in [0.29, 0.717) is 16.9 Å². The Morgan fingerprint density at radius 2 is 1.69 bits per heavy atom. The predicted molar refractivity (Wildman–Crippen MR) is 93.1 cm³/mol. The molecule has 1 aliphatic heterocycles. The molecular formula is C20H18ClNO4. The summed E-state index contributed by atoms with van der Waals surface area (Å²) in [5.74, 6) is -0.141.